The maximum atomic E-state index is 13.0. The summed E-state index contributed by atoms with van der Waals surface area (Å²) >= 11 is 0. The number of amides is 1. The summed E-state index contributed by atoms with van der Waals surface area (Å²) in [6.07, 6.45) is -0.775. The number of likely N-dealkylation sites (N-methyl/N-ethyl adjacent to an activating group) is 1. The number of likely N-dealkylation sites (tertiary alicyclic amines) is 1. The van der Waals surface area contributed by atoms with Crippen LogP contribution in [0.3, 0.4) is 0 Å². The van der Waals surface area contributed by atoms with Gasteiger partial charge in [-0.3, -0.25) is 4.79 Å². The Hall–Kier alpha value is -1.70. The fourth-order valence-corrected chi connectivity index (χ4v) is 6.21. The first-order valence-electron chi connectivity index (χ1n) is 11.8. The van der Waals surface area contributed by atoms with Gasteiger partial charge in [0.25, 0.3) is 0 Å². The predicted octanol–water partition coefficient (Wildman–Crippen LogP) is 2.16. The zero-order valence-corrected chi connectivity index (χ0v) is 22.7. The molecule has 1 aliphatic rings. The molecule has 1 aliphatic heterocycles. The van der Waals surface area contributed by atoms with Crippen LogP contribution in [0.4, 0.5) is 13.2 Å². The van der Waals surface area contributed by atoms with Gasteiger partial charge in [-0.1, -0.05) is 25.1 Å². The van der Waals surface area contributed by atoms with Gasteiger partial charge < -0.3 is 9.80 Å². The summed E-state index contributed by atoms with van der Waals surface area (Å²) < 4.78 is 88.0. The maximum Gasteiger partial charge on any atom is 0.416 e. The zero-order valence-electron chi connectivity index (χ0n) is 21.1. The van der Waals surface area contributed by atoms with Gasteiger partial charge in [0, 0.05) is 31.9 Å². The molecule has 1 aromatic carbocycles. The van der Waals surface area contributed by atoms with Gasteiger partial charge in [0.15, 0.2) is 0 Å². The lowest BCUT2D eigenvalue weighted by Crippen LogP contribution is -2.53. The molecule has 2 atom stereocenters. The van der Waals surface area contributed by atoms with Crippen LogP contribution in [0.1, 0.15) is 37.8 Å². The second-order valence-corrected chi connectivity index (χ2v) is 13.6. The first kappa shape index (κ1) is 30.5. The number of nitrogens with one attached hydrogen (secondary N) is 1. The number of hydrogen-bond donors (Lipinski definition) is 1. The second-order valence-electron chi connectivity index (χ2n) is 9.64. The third kappa shape index (κ3) is 9.98. The lowest BCUT2D eigenvalue weighted by Gasteiger charge is -2.37. The van der Waals surface area contributed by atoms with Gasteiger partial charge in [0.05, 0.1) is 17.6 Å². The fraction of sp³-hybridized carbons (Fsp3) is 0.696. The average molecular weight is 556 g/mol. The number of rotatable bonds is 11. The zero-order chi connectivity index (χ0) is 27.3. The van der Waals surface area contributed by atoms with E-state index in [1.807, 2.05) is 13.8 Å². The Morgan fingerprint density at radius 2 is 1.78 bits per heavy atom. The minimum Gasteiger partial charge on any atom is -0.341 e. The Labute approximate surface area is 212 Å². The predicted molar refractivity (Wildman–Crippen MR) is 133 cm³/mol. The van der Waals surface area contributed by atoms with E-state index < -0.39 is 49.3 Å². The molecule has 206 valence electrons. The smallest absolute Gasteiger partial charge is 0.341 e. The van der Waals surface area contributed by atoms with Crippen LogP contribution in [0.5, 0.6) is 0 Å². The van der Waals surface area contributed by atoms with Crippen molar-refractivity contribution >= 4 is 25.8 Å². The van der Waals surface area contributed by atoms with Crippen molar-refractivity contribution in [3.63, 3.8) is 0 Å². The van der Waals surface area contributed by atoms with E-state index in [4.69, 9.17) is 0 Å². The summed E-state index contributed by atoms with van der Waals surface area (Å²) in [6, 6.07) is 4.01. The molecular formula is C23H36F3N3O5S2. The average Bonchev–Trinajstić information content (AvgIpc) is 2.74. The molecule has 0 radical (unpaired) electrons. The normalized spacial score (nSPS) is 17.8. The molecule has 2 rings (SSSR count). The molecule has 0 aliphatic carbocycles. The minimum absolute atomic E-state index is 0.0104. The summed E-state index contributed by atoms with van der Waals surface area (Å²) in [5.74, 6) is -0.932. The molecular weight excluding hydrogens is 519 g/mol. The molecule has 0 spiro atoms. The van der Waals surface area contributed by atoms with Gasteiger partial charge in [-0.25, -0.2) is 21.6 Å². The van der Waals surface area contributed by atoms with Crippen LogP contribution in [0.15, 0.2) is 24.3 Å². The summed E-state index contributed by atoms with van der Waals surface area (Å²) in [6.45, 7) is 6.15. The number of hydrogen-bond acceptors (Lipinski definition) is 6. The number of sulfone groups is 1. The first-order valence-corrected chi connectivity index (χ1v) is 15.8. The van der Waals surface area contributed by atoms with Gasteiger partial charge in [-0.05, 0) is 50.3 Å². The van der Waals surface area contributed by atoms with Crippen LogP contribution >= 0.6 is 0 Å². The van der Waals surface area contributed by atoms with Crippen LogP contribution in [0, 0.1) is 5.92 Å². The van der Waals surface area contributed by atoms with E-state index in [-0.39, 0.29) is 12.0 Å². The van der Waals surface area contributed by atoms with E-state index in [0.717, 1.165) is 18.6 Å². The number of piperidine rings is 1. The monoisotopic (exact) mass is 555 g/mol. The molecule has 1 aromatic rings. The van der Waals surface area contributed by atoms with E-state index in [2.05, 4.69) is 9.62 Å². The lowest BCUT2D eigenvalue weighted by molar-refractivity contribution is -0.137. The van der Waals surface area contributed by atoms with Gasteiger partial charge in [0.1, 0.15) is 15.9 Å². The Bertz CT molecular complexity index is 1070. The van der Waals surface area contributed by atoms with E-state index >= 15 is 0 Å². The summed E-state index contributed by atoms with van der Waals surface area (Å²) in [4.78, 5) is 16.6. The summed E-state index contributed by atoms with van der Waals surface area (Å²) in [7, 11) is -7.39. The van der Waals surface area contributed by atoms with Crippen molar-refractivity contribution in [2.24, 2.45) is 5.92 Å². The summed E-state index contributed by atoms with van der Waals surface area (Å²) in [5.41, 5.74) is -0.0432. The van der Waals surface area contributed by atoms with Crippen molar-refractivity contribution in [2.45, 2.75) is 51.4 Å². The molecule has 0 saturated carbocycles. The van der Waals surface area contributed by atoms with Crippen molar-refractivity contribution in [1.29, 1.82) is 0 Å². The van der Waals surface area contributed by atoms with E-state index in [9.17, 15) is 34.8 Å². The number of alkyl halides is 3. The highest BCUT2D eigenvalue weighted by atomic mass is 32.2. The second kappa shape index (κ2) is 12.2. The Kier molecular flexibility index (Phi) is 10.4. The topological polar surface area (TPSA) is 104 Å². The first-order chi connectivity index (χ1) is 16.5. The van der Waals surface area contributed by atoms with Gasteiger partial charge in [-0.2, -0.15) is 13.2 Å². The Morgan fingerprint density at radius 1 is 1.17 bits per heavy atom. The highest BCUT2D eigenvalue weighted by molar-refractivity contribution is 7.91. The number of sulfonamides is 1. The van der Waals surface area contributed by atoms with Crippen LogP contribution in [0.2, 0.25) is 0 Å². The fourth-order valence-electron chi connectivity index (χ4n) is 4.57. The van der Waals surface area contributed by atoms with Gasteiger partial charge >= 0.3 is 6.18 Å². The van der Waals surface area contributed by atoms with Crippen molar-refractivity contribution in [2.75, 3.05) is 44.4 Å². The van der Waals surface area contributed by atoms with Crippen LogP contribution < -0.4 is 4.72 Å². The molecule has 1 N–H and O–H groups in total. The number of carbonyl (C=O) groups excluding carboxylic acids is 1. The molecule has 8 nitrogen and oxygen atoms in total. The molecule has 1 saturated heterocycles. The molecule has 0 bridgehead atoms. The SMILES string of the molecule is CCN(CC1CCN(C(=O)C(CS(C)(=O)=O)NS(C)(=O)=O)CC1)C(C)Cc1cccc(C(F)(F)F)c1. The van der Waals surface area contributed by atoms with Gasteiger partial charge in [-0.15, -0.1) is 0 Å². The molecule has 36 heavy (non-hydrogen) atoms. The molecule has 2 unspecified atom stereocenters. The van der Waals surface area contributed by atoms with E-state index in [0.29, 0.717) is 51.0 Å². The Balaban J connectivity index is 1.97. The van der Waals surface area contributed by atoms with E-state index in [1.54, 1.807) is 6.07 Å². The number of carbonyl (C=O) groups is 1. The third-order valence-corrected chi connectivity index (χ3v) is 8.01. The lowest BCUT2D eigenvalue weighted by atomic mass is 9.94. The third-order valence-electron chi connectivity index (χ3n) is 6.36. The summed E-state index contributed by atoms with van der Waals surface area (Å²) in [5, 5.41) is 0. The van der Waals surface area contributed by atoms with Crippen molar-refractivity contribution in [1.82, 2.24) is 14.5 Å². The molecule has 1 amide bonds. The van der Waals surface area contributed by atoms with E-state index in [1.165, 1.54) is 17.0 Å². The maximum absolute atomic E-state index is 13.0. The minimum atomic E-state index is -4.38. The quantitative estimate of drug-likeness (QED) is 0.449. The van der Waals surface area contributed by atoms with Gasteiger partial charge in [0.2, 0.25) is 15.9 Å². The molecule has 13 heteroatoms. The Morgan fingerprint density at radius 3 is 2.28 bits per heavy atom. The molecule has 1 fully saturated rings. The molecule has 1 heterocycles. The van der Waals surface area contributed by atoms with Crippen molar-refractivity contribution < 1.29 is 34.8 Å². The number of halogens is 3. The molecule has 0 aromatic heterocycles. The van der Waals surface area contributed by atoms with Crippen LogP contribution in [-0.4, -0.2) is 89.1 Å². The highest BCUT2D eigenvalue weighted by Crippen LogP contribution is 2.30. The highest BCUT2D eigenvalue weighted by Gasteiger charge is 2.33. The number of nitrogens with zero attached hydrogens (tertiary/aromatic N) is 2. The number of benzene rings is 1. The van der Waals surface area contributed by atoms with Crippen molar-refractivity contribution in [3.05, 3.63) is 35.4 Å². The van der Waals surface area contributed by atoms with Crippen LogP contribution in [-0.2, 0) is 37.3 Å². The van der Waals surface area contributed by atoms with Crippen LogP contribution in [0.25, 0.3) is 0 Å². The standard InChI is InChI=1S/C23H36F3N3O5S2/c1-5-28(17(2)13-19-7-6-8-20(14-19)23(24,25)26)15-18-9-11-29(12-10-18)22(30)21(16-35(3,31)32)27-36(4,33)34/h6-8,14,17-18,21,27H,5,9-13,15-16H2,1-4H3. The van der Waals surface area contributed by atoms with Crippen molar-refractivity contribution in [3.8, 4) is 0 Å². The largest absolute Gasteiger partial charge is 0.416 e.